The Kier molecular flexibility index (Phi) is 5.67. The van der Waals surface area contributed by atoms with Gasteiger partial charge in [0, 0.05) is 30.1 Å². The Labute approximate surface area is 188 Å². The van der Waals surface area contributed by atoms with E-state index in [4.69, 9.17) is 0 Å². The van der Waals surface area contributed by atoms with Crippen LogP contribution in [0.1, 0.15) is 12.6 Å². The van der Waals surface area contributed by atoms with Crippen LogP contribution in [0.15, 0.2) is 58.0 Å². The van der Waals surface area contributed by atoms with Crippen molar-refractivity contribution in [1.29, 1.82) is 0 Å². The van der Waals surface area contributed by atoms with Gasteiger partial charge in [-0.2, -0.15) is 10.1 Å². The maximum Gasteiger partial charge on any atom is 0.229 e. The van der Waals surface area contributed by atoms with Crippen LogP contribution < -0.4 is 10.6 Å². The maximum absolute atomic E-state index is 12.1. The second kappa shape index (κ2) is 8.27. The van der Waals surface area contributed by atoms with Crippen LogP contribution in [0.4, 0.5) is 23.1 Å². The lowest BCUT2D eigenvalue weighted by atomic mass is 10.2. The first-order valence-electron chi connectivity index (χ1n) is 9.59. The van der Waals surface area contributed by atoms with Crippen LogP contribution in [0.25, 0.3) is 10.9 Å². The highest BCUT2D eigenvalue weighted by molar-refractivity contribution is 9.10. The van der Waals surface area contributed by atoms with Crippen LogP contribution in [-0.2, 0) is 16.4 Å². The number of nitrogens with zero attached hydrogens (tertiary/aromatic N) is 4. The Bertz CT molecular complexity index is 1380. The number of benzene rings is 2. The number of anilines is 4. The van der Waals surface area contributed by atoms with Crippen molar-refractivity contribution in [3.63, 3.8) is 0 Å². The summed E-state index contributed by atoms with van der Waals surface area (Å²) in [5.41, 5.74) is 3.30. The third kappa shape index (κ3) is 4.40. The molecule has 0 atom stereocenters. The summed E-state index contributed by atoms with van der Waals surface area (Å²) in [5.74, 6) is 0.826. The highest BCUT2D eigenvalue weighted by Gasteiger charge is 2.15. The van der Waals surface area contributed by atoms with E-state index in [1.807, 2.05) is 29.8 Å². The fraction of sp³-hybridized carbons (Fsp3) is 0.190. The molecular formula is C21H21BrN6O2S. The molecule has 0 aliphatic heterocycles. The monoisotopic (exact) mass is 500 g/mol. The number of nitrogens with one attached hydrogen (secondary N) is 2. The summed E-state index contributed by atoms with van der Waals surface area (Å²) in [7, 11) is -3.40. The predicted octanol–water partition coefficient (Wildman–Crippen LogP) is 4.81. The van der Waals surface area contributed by atoms with E-state index in [0.717, 1.165) is 28.8 Å². The topological polar surface area (TPSA) is 102 Å². The molecule has 0 radical (unpaired) electrons. The second-order valence-electron chi connectivity index (χ2n) is 7.04. The molecule has 2 heterocycles. The second-order valence-corrected chi connectivity index (χ2v) is 9.88. The van der Waals surface area contributed by atoms with Gasteiger partial charge in [-0.3, -0.25) is 4.68 Å². The SMILES string of the molecule is CCn1nc(C)c2cc(Nc3ncc(Br)c(Nc4ccccc4S(C)(=O)=O)n3)ccc21. The van der Waals surface area contributed by atoms with Gasteiger partial charge < -0.3 is 10.6 Å². The summed E-state index contributed by atoms with van der Waals surface area (Å²) in [6.07, 6.45) is 2.79. The van der Waals surface area contributed by atoms with E-state index in [1.165, 1.54) is 6.26 Å². The number of fused-ring (bicyclic) bond motifs is 1. The lowest BCUT2D eigenvalue weighted by Gasteiger charge is -2.13. The van der Waals surface area contributed by atoms with E-state index < -0.39 is 9.84 Å². The van der Waals surface area contributed by atoms with Crippen molar-refractivity contribution >= 4 is 59.8 Å². The highest BCUT2D eigenvalue weighted by atomic mass is 79.9. The Morgan fingerprint density at radius 3 is 2.65 bits per heavy atom. The molecule has 0 bridgehead atoms. The molecular weight excluding hydrogens is 480 g/mol. The van der Waals surface area contributed by atoms with E-state index in [0.29, 0.717) is 21.9 Å². The first-order valence-corrected chi connectivity index (χ1v) is 12.3. The highest BCUT2D eigenvalue weighted by Crippen LogP contribution is 2.29. The van der Waals surface area contributed by atoms with Gasteiger partial charge in [0.05, 0.1) is 26.3 Å². The fourth-order valence-electron chi connectivity index (χ4n) is 3.32. The number of hydrogen-bond acceptors (Lipinski definition) is 7. The van der Waals surface area contributed by atoms with Crippen molar-refractivity contribution in [1.82, 2.24) is 19.7 Å². The summed E-state index contributed by atoms with van der Waals surface area (Å²) < 4.78 is 26.8. The number of para-hydroxylation sites is 1. The largest absolute Gasteiger partial charge is 0.338 e. The van der Waals surface area contributed by atoms with Gasteiger partial charge >= 0.3 is 0 Å². The number of sulfone groups is 1. The summed E-state index contributed by atoms with van der Waals surface area (Å²) in [5, 5.41) is 11.9. The van der Waals surface area contributed by atoms with Gasteiger partial charge in [0.25, 0.3) is 0 Å². The van der Waals surface area contributed by atoms with Gasteiger partial charge in [0.2, 0.25) is 5.95 Å². The van der Waals surface area contributed by atoms with Gasteiger partial charge in [-0.1, -0.05) is 12.1 Å². The zero-order valence-corrected chi connectivity index (χ0v) is 19.6. The first-order chi connectivity index (χ1) is 14.8. The zero-order valence-electron chi connectivity index (χ0n) is 17.2. The molecule has 8 nitrogen and oxygen atoms in total. The standard InChI is InChI=1S/C21H21BrN6O2S/c1-4-28-18-10-9-14(11-15(18)13(2)27-28)24-21-23-12-16(22)20(26-21)25-17-7-5-6-8-19(17)31(3,29)30/h5-12H,4H2,1-3H3,(H2,23,24,25,26). The van der Waals surface area contributed by atoms with Crippen molar-refractivity contribution in [2.24, 2.45) is 0 Å². The molecule has 4 rings (SSSR count). The van der Waals surface area contributed by atoms with Crippen LogP contribution in [0.3, 0.4) is 0 Å². The number of rotatable bonds is 6. The van der Waals surface area contributed by atoms with Gasteiger partial charge in [-0.25, -0.2) is 13.4 Å². The zero-order chi connectivity index (χ0) is 22.2. The molecule has 0 fully saturated rings. The van der Waals surface area contributed by atoms with Crippen molar-refractivity contribution in [3.05, 3.63) is 58.8 Å². The van der Waals surface area contributed by atoms with Crippen molar-refractivity contribution < 1.29 is 8.42 Å². The summed E-state index contributed by atoms with van der Waals surface area (Å²) >= 11 is 3.43. The van der Waals surface area contributed by atoms with E-state index in [2.05, 4.69) is 48.6 Å². The molecule has 160 valence electrons. The fourth-order valence-corrected chi connectivity index (χ4v) is 4.46. The minimum Gasteiger partial charge on any atom is -0.338 e. The van der Waals surface area contributed by atoms with Crippen LogP contribution in [0.5, 0.6) is 0 Å². The smallest absolute Gasteiger partial charge is 0.229 e. The van der Waals surface area contributed by atoms with Crippen molar-refractivity contribution in [2.45, 2.75) is 25.3 Å². The minimum atomic E-state index is -3.40. The van der Waals surface area contributed by atoms with Crippen LogP contribution in [-0.4, -0.2) is 34.4 Å². The van der Waals surface area contributed by atoms with Crippen LogP contribution in [0.2, 0.25) is 0 Å². The predicted molar refractivity (Wildman–Crippen MR) is 126 cm³/mol. The van der Waals surface area contributed by atoms with Crippen molar-refractivity contribution in [2.75, 3.05) is 16.9 Å². The third-order valence-corrected chi connectivity index (χ3v) is 6.51. The molecule has 2 aromatic carbocycles. The summed E-state index contributed by atoms with van der Waals surface area (Å²) in [6, 6.07) is 12.7. The van der Waals surface area contributed by atoms with E-state index >= 15 is 0 Å². The molecule has 31 heavy (non-hydrogen) atoms. The van der Waals surface area contributed by atoms with E-state index in [1.54, 1.807) is 30.5 Å². The van der Waals surface area contributed by atoms with Gasteiger partial charge in [0.1, 0.15) is 5.82 Å². The van der Waals surface area contributed by atoms with E-state index in [-0.39, 0.29) is 4.90 Å². The minimum absolute atomic E-state index is 0.198. The summed E-state index contributed by atoms with van der Waals surface area (Å²) in [4.78, 5) is 9.03. The number of aryl methyl sites for hydroxylation is 2. The Hall–Kier alpha value is -2.98. The Morgan fingerprint density at radius 1 is 1.13 bits per heavy atom. The lowest BCUT2D eigenvalue weighted by molar-refractivity contribution is 0.602. The molecule has 0 saturated carbocycles. The third-order valence-electron chi connectivity index (χ3n) is 4.77. The Morgan fingerprint density at radius 2 is 1.90 bits per heavy atom. The van der Waals surface area contributed by atoms with Gasteiger partial charge in [-0.15, -0.1) is 0 Å². The average Bonchev–Trinajstić information content (AvgIpc) is 3.05. The van der Waals surface area contributed by atoms with Crippen LogP contribution in [0, 0.1) is 6.92 Å². The molecule has 0 aliphatic carbocycles. The van der Waals surface area contributed by atoms with E-state index in [9.17, 15) is 8.42 Å². The average molecular weight is 501 g/mol. The molecule has 0 spiro atoms. The summed E-state index contributed by atoms with van der Waals surface area (Å²) in [6.45, 7) is 4.84. The first kappa shape index (κ1) is 21.3. The normalized spacial score (nSPS) is 11.6. The number of halogens is 1. The molecule has 0 amide bonds. The molecule has 2 aromatic heterocycles. The molecule has 2 N–H and O–H groups in total. The van der Waals surface area contributed by atoms with Crippen LogP contribution >= 0.6 is 15.9 Å². The molecule has 10 heteroatoms. The quantitative estimate of drug-likeness (QED) is 0.391. The number of hydrogen-bond donors (Lipinski definition) is 2. The lowest BCUT2D eigenvalue weighted by Crippen LogP contribution is -2.05. The van der Waals surface area contributed by atoms with Crippen molar-refractivity contribution in [3.8, 4) is 0 Å². The molecule has 0 unspecified atom stereocenters. The number of aromatic nitrogens is 4. The molecule has 4 aromatic rings. The molecule has 0 aliphatic rings. The van der Waals surface area contributed by atoms with Gasteiger partial charge in [0.15, 0.2) is 9.84 Å². The molecule has 0 saturated heterocycles. The maximum atomic E-state index is 12.1. The van der Waals surface area contributed by atoms with Gasteiger partial charge in [-0.05, 0) is 60.1 Å². The Balaban J connectivity index is 1.65.